The summed E-state index contributed by atoms with van der Waals surface area (Å²) in [7, 11) is 0. The van der Waals surface area contributed by atoms with Crippen molar-refractivity contribution in [3.63, 3.8) is 0 Å². The fraction of sp³-hybridized carbons (Fsp3) is 0.308. The lowest BCUT2D eigenvalue weighted by molar-refractivity contribution is -0.383. The first-order valence-corrected chi connectivity index (χ1v) is 6.01. The van der Waals surface area contributed by atoms with Gasteiger partial charge in [-0.2, -0.15) is 0 Å². The number of nitro benzene ring substituents is 1. The highest BCUT2D eigenvalue weighted by molar-refractivity contribution is 5.89. The van der Waals surface area contributed by atoms with Gasteiger partial charge in [0.25, 0.3) is 5.69 Å². The van der Waals surface area contributed by atoms with Crippen LogP contribution in [0.5, 0.6) is 0 Å². The number of fused-ring (bicyclic) bond motifs is 1. The van der Waals surface area contributed by atoms with Crippen LogP contribution in [0.4, 0.5) is 5.69 Å². The third kappa shape index (κ3) is 2.73. The molecule has 0 unspecified atom stereocenters. The van der Waals surface area contributed by atoms with E-state index in [1.165, 1.54) is 6.07 Å². The maximum Gasteiger partial charge on any atom is 0.307 e. The van der Waals surface area contributed by atoms with E-state index in [1.54, 1.807) is 31.3 Å². The molecule has 0 radical (unpaired) electrons. The average molecular weight is 262 g/mol. The van der Waals surface area contributed by atoms with Crippen LogP contribution in [-0.2, 0) is 16.1 Å². The second-order valence-corrected chi connectivity index (χ2v) is 4.03. The molecule has 1 aromatic heterocycles. The van der Waals surface area contributed by atoms with Crippen molar-refractivity contribution in [3.05, 3.63) is 40.6 Å². The van der Waals surface area contributed by atoms with Gasteiger partial charge in [-0.1, -0.05) is 6.07 Å². The first kappa shape index (κ1) is 13.1. The van der Waals surface area contributed by atoms with Crippen molar-refractivity contribution in [1.29, 1.82) is 0 Å². The van der Waals surface area contributed by atoms with Crippen molar-refractivity contribution in [3.8, 4) is 0 Å². The Balaban J connectivity index is 2.24. The van der Waals surface area contributed by atoms with E-state index in [2.05, 4.69) is 0 Å². The second-order valence-electron chi connectivity index (χ2n) is 4.03. The summed E-state index contributed by atoms with van der Waals surface area (Å²) in [5, 5.41) is 11.5. The maximum absolute atomic E-state index is 11.3. The average Bonchev–Trinajstić information content (AvgIpc) is 2.79. The highest BCUT2D eigenvalue weighted by Crippen LogP contribution is 2.26. The summed E-state index contributed by atoms with van der Waals surface area (Å²) >= 11 is 0. The predicted octanol–water partition coefficient (Wildman–Crippen LogP) is 2.50. The highest BCUT2D eigenvalue weighted by Gasteiger charge is 2.14. The largest absolute Gasteiger partial charge is 0.466 e. The van der Waals surface area contributed by atoms with Crippen LogP contribution < -0.4 is 0 Å². The number of non-ortho nitro benzene ring substituents is 1. The SMILES string of the molecule is CCOC(=O)CCn1ccc2c([N+](=O)[O-])cccc21. The van der Waals surface area contributed by atoms with Crippen LogP contribution in [0.1, 0.15) is 13.3 Å². The molecule has 0 saturated carbocycles. The molecule has 100 valence electrons. The van der Waals surface area contributed by atoms with E-state index in [0.29, 0.717) is 18.5 Å². The number of esters is 1. The van der Waals surface area contributed by atoms with E-state index >= 15 is 0 Å². The van der Waals surface area contributed by atoms with Crippen LogP contribution in [-0.4, -0.2) is 22.1 Å². The predicted molar refractivity (Wildman–Crippen MR) is 69.8 cm³/mol. The molecule has 0 saturated heterocycles. The highest BCUT2D eigenvalue weighted by atomic mass is 16.6. The molecule has 0 amide bonds. The third-order valence-corrected chi connectivity index (χ3v) is 2.85. The summed E-state index contributed by atoms with van der Waals surface area (Å²) in [5.74, 6) is -0.269. The van der Waals surface area contributed by atoms with E-state index in [1.807, 2.05) is 4.57 Å². The quantitative estimate of drug-likeness (QED) is 0.471. The molecule has 0 bridgehead atoms. The molecular weight excluding hydrogens is 248 g/mol. The Bertz CT molecular complexity index is 618. The van der Waals surface area contributed by atoms with Crippen molar-refractivity contribution in [2.24, 2.45) is 0 Å². The summed E-state index contributed by atoms with van der Waals surface area (Å²) in [6.07, 6.45) is 2.00. The topological polar surface area (TPSA) is 74.4 Å². The van der Waals surface area contributed by atoms with Gasteiger partial charge in [-0.05, 0) is 19.1 Å². The normalized spacial score (nSPS) is 10.6. The molecule has 19 heavy (non-hydrogen) atoms. The first-order chi connectivity index (χ1) is 9.13. The van der Waals surface area contributed by atoms with E-state index < -0.39 is 4.92 Å². The van der Waals surface area contributed by atoms with Gasteiger partial charge in [-0.3, -0.25) is 14.9 Å². The van der Waals surface area contributed by atoms with Crippen LogP contribution in [0.2, 0.25) is 0 Å². The van der Waals surface area contributed by atoms with Gasteiger partial charge in [0.2, 0.25) is 0 Å². The van der Waals surface area contributed by atoms with Gasteiger partial charge in [0, 0.05) is 18.8 Å². The monoisotopic (exact) mass is 262 g/mol. The molecule has 0 aliphatic heterocycles. The Morgan fingerprint density at radius 3 is 2.89 bits per heavy atom. The molecule has 0 aliphatic rings. The van der Waals surface area contributed by atoms with Crippen LogP contribution >= 0.6 is 0 Å². The number of nitrogens with zero attached hydrogens (tertiary/aromatic N) is 2. The summed E-state index contributed by atoms with van der Waals surface area (Å²) in [4.78, 5) is 21.8. The fourth-order valence-corrected chi connectivity index (χ4v) is 2.01. The molecule has 0 aliphatic carbocycles. The van der Waals surface area contributed by atoms with Crippen molar-refractivity contribution in [2.45, 2.75) is 19.9 Å². The zero-order chi connectivity index (χ0) is 13.8. The van der Waals surface area contributed by atoms with Gasteiger partial charge in [0.15, 0.2) is 0 Å². The number of hydrogen-bond acceptors (Lipinski definition) is 4. The van der Waals surface area contributed by atoms with E-state index in [-0.39, 0.29) is 18.1 Å². The summed E-state index contributed by atoms with van der Waals surface area (Å²) in [6.45, 7) is 2.56. The number of carbonyl (C=O) groups excluding carboxylic acids is 1. The lowest BCUT2D eigenvalue weighted by Gasteiger charge is -2.05. The molecule has 0 spiro atoms. The maximum atomic E-state index is 11.3. The van der Waals surface area contributed by atoms with Gasteiger partial charge in [0.05, 0.1) is 28.9 Å². The minimum absolute atomic E-state index is 0.0763. The zero-order valence-electron chi connectivity index (χ0n) is 10.5. The standard InChI is InChI=1S/C13H14N2O4/c1-2-19-13(16)7-9-14-8-6-10-11(14)4-3-5-12(10)15(17)18/h3-6,8H,2,7,9H2,1H3. The number of aromatic nitrogens is 1. The van der Waals surface area contributed by atoms with Gasteiger partial charge in [0.1, 0.15) is 0 Å². The number of hydrogen-bond donors (Lipinski definition) is 0. The number of carbonyl (C=O) groups is 1. The van der Waals surface area contributed by atoms with Crippen molar-refractivity contribution in [2.75, 3.05) is 6.61 Å². The number of rotatable bonds is 5. The Labute approximate surface area is 109 Å². The lowest BCUT2D eigenvalue weighted by Crippen LogP contribution is -2.08. The molecular formula is C13H14N2O4. The van der Waals surface area contributed by atoms with Crippen molar-refractivity contribution in [1.82, 2.24) is 4.57 Å². The van der Waals surface area contributed by atoms with Crippen LogP contribution in [0, 0.1) is 10.1 Å². The van der Waals surface area contributed by atoms with E-state index in [0.717, 1.165) is 5.52 Å². The van der Waals surface area contributed by atoms with Crippen molar-refractivity contribution >= 4 is 22.6 Å². The van der Waals surface area contributed by atoms with Gasteiger partial charge in [-0.25, -0.2) is 0 Å². The Kier molecular flexibility index (Phi) is 3.79. The summed E-state index contributed by atoms with van der Waals surface area (Å²) in [6, 6.07) is 6.60. The minimum atomic E-state index is -0.405. The van der Waals surface area contributed by atoms with Gasteiger partial charge >= 0.3 is 5.97 Å². The third-order valence-electron chi connectivity index (χ3n) is 2.85. The lowest BCUT2D eigenvalue weighted by atomic mass is 10.2. The Morgan fingerprint density at radius 1 is 1.42 bits per heavy atom. The molecule has 2 aromatic rings. The number of benzene rings is 1. The molecule has 0 fully saturated rings. The first-order valence-electron chi connectivity index (χ1n) is 6.01. The minimum Gasteiger partial charge on any atom is -0.466 e. The number of aryl methyl sites for hydroxylation is 1. The van der Waals surface area contributed by atoms with E-state index in [9.17, 15) is 14.9 Å². The Hall–Kier alpha value is -2.37. The summed E-state index contributed by atoms with van der Waals surface area (Å²) < 4.78 is 6.67. The molecule has 2 rings (SSSR count). The number of nitro groups is 1. The van der Waals surface area contributed by atoms with Gasteiger partial charge < -0.3 is 9.30 Å². The van der Waals surface area contributed by atoms with Crippen LogP contribution in [0.3, 0.4) is 0 Å². The Morgan fingerprint density at radius 2 is 2.21 bits per heavy atom. The molecule has 6 nitrogen and oxygen atoms in total. The van der Waals surface area contributed by atoms with Crippen molar-refractivity contribution < 1.29 is 14.5 Å². The molecule has 0 atom stereocenters. The molecule has 1 aromatic carbocycles. The van der Waals surface area contributed by atoms with Gasteiger partial charge in [-0.15, -0.1) is 0 Å². The van der Waals surface area contributed by atoms with Crippen LogP contribution in [0.15, 0.2) is 30.5 Å². The van der Waals surface area contributed by atoms with E-state index in [4.69, 9.17) is 4.74 Å². The molecule has 0 N–H and O–H groups in total. The fourth-order valence-electron chi connectivity index (χ4n) is 2.01. The summed E-state index contributed by atoms with van der Waals surface area (Å²) in [5.41, 5.74) is 0.825. The second kappa shape index (κ2) is 5.51. The smallest absolute Gasteiger partial charge is 0.307 e. The zero-order valence-corrected chi connectivity index (χ0v) is 10.5. The molecule has 1 heterocycles. The number of ether oxygens (including phenoxy) is 1. The molecule has 6 heteroatoms. The van der Waals surface area contributed by atoms with Crippen LogP contribution in [0.25, 0.3) is 10.9 Å².